The quantitative estimate of drug-likeness (QED) is 0.888. The molecule has 0 saturated carbocycles. The molecule has 8 nitrogen and oxygen atoms in total. The lowest BCUT2D eigenvalue weighted by Crippen LogP contribution is -2.47. The van der Waals surface area contributed by atoms with Gasteiger partial charge < -0.3 is 19.7 Å². The molecule has 4 heterocycles. The van der Waals surface area contributed by atoms with Gasteiger partial charge in [-0.15, -0.1) is 10.2 Å². The highest BCUT2D eigenvalue weighted by molar-refractivity contribution is 5.92. The van der Waals surface area contributed by atoms with Crippen molar-refractivity contribution >= 4 is 11.7 Å². The molecule has 0 unspecified atom stereocenters. The molecule has 4 rings (SSSR count). The molecule has 0 radical (unpaired) electrons. The summed E-state index contributed by atoms with van der Waals surface area (Å²) in [5.41, 5.74) is 1.40. The molecule has 2 aromatic heterocycles. The molecule has 0 bridgehead atoms. The Morgan fingerprint density at radius 1 is 1.15 bits per heavy atom. The molecule has 2 fully saturated rings. The van der Waals surface area contributed by atoms with Crippen molar-refractivity contribution in [1.82, 2.24) is 20.1 Å². The minimum atomic E-state index is -0.484. The van der Waals surface area contributed by atoms with Crippen molar-refractivity contribution in [3.8, 4) is 0 Å². The maximum Gasteiger partial charge on any atom is 0.274 e. The number of carbonyl (C=O) groups excluding carboxylic acids is 1. The van der Waals surface area contributed by atoms with Gasteiger partial charge in [0, 0.05) is 44.9 Å². The smallest absolute Gasteiger partial charge is 0.274 e. The Hall–Kier alpha value is -2.58. The molecule has 0 atom stereocenters. The third-order valence-corrected chi connectivity index (χ3v) is 4.71. The van der Waals surface area contributed by atoms with Crippen LogP contribution >= 0.6 is 0 Å². The molecular weight excluding hydrogens is 334 g/mol. The standard InChI is InChI=1S/C18H21N5O3/c24-17(23-8-5-18(6-9-23)25-10-11-26-18)15-3-4-16(22-21-15)20-13-14-2-1-7-19-12-14/h1-4,7,12H,5-6,8-11,13H2,(H,20,22). The number of rotatable bonds is 4. The van der Waals surface area contributed by atoms with Crippen LogP contribution in [-0.4, -0.2) is 58.1 Å². The first-order valence-electron chi connectivity index (χ1n) is 8.78. The normalized spacial score (nSPS) is 18.8. The predicted molar refractivity (Wildman–Crippen MR) is 93.4 cm³/mol. The van der Waals surface area contributed by atoms with E-state index in [9.17, 15) is 4.79 Å². The summed E-state index contributed by atoms with van der Waals surface area (Å²) in [7, 11) is 0. The first-order chi connectivity index (χ1) is 12.7. The van der Waals surface area contributed by atoms with Gasteiger partial charge in [0.05, 0.1) is 13.2 Å². The number of carbonyl (C=O) groups is 1. The zero-order valence-corrected chi connectivity index (χ0v) is 14.4. The van der Waals surface area contributed by atoms with Crippen LogP contribution in [0.1, 0.15) is 28.9 Å². The molecule has 2 aromatic rings. The van der Waals surface area contributed by atoms with Crippen LogP contribution < -0.4 is 5.32 Å². The fourth-order valence-electron chi connectivity index (χ4n) is 3.23. The van der Waals surface area contributed by atoms with Gasteiger partial charge in [-0.25, -0.2) is 0 Å². The minimum absolute atomic E-state index is 0.107. The van der Waals surface area contributed by atoms with Crippen LogP contribution in [0.15, 0.2) is 36.7 Å². The van der Waals surface area contributed by atoms with E-state index in [1.165, 1.54) is 0 Å². The van der Waals surface area contributed by atoms with Crippen molar-refractivity contribution in [1.29, 1.82) is 0 Å². The van der Waals surface area contributed by atoms with E-state index in [-0.39, 0.29) is 5.91 Å². The van der Waals surface area contributed by atoms with E-state index in [1.54, 1.807) is 29.4 Å². The van der Waals surface area contributed by atoms with Crippen LogP contribution in [0.25, 0.3) is 0 Å². The molecule has 1 spiro atoms. The summed E-state index contributed by atoms with van der Waals surface area (Å²) in [6, 6.07) is 7.33. The van der Waals surface area contributed by atoms with Crippen LogP contribution in [-0.2, 0) is 16.0 Å². The number of anilines is 1. The number of hydrogen-bond acceptors (Lipinski definition) is 7. The molecule has 2 aliphatic rings. The predicted octanol–water partition coefficient (Wildman–Crippen LogP) is 1.46. The van der Waals surface area contributed by atoms with Crippen LogP contribution in [0.2, 0.25) is 0 Å². The number of amides is 1. The minimum Gasteiger partial charge on any atom is -0.364 e. The Bertz CT molecular complexity index is 737. The molecule has 1 amide bonds. The number of ether oxygens (including phenoxy) is 2. The van der Waals surface area contributed by atoms with Gasteiger partial charge in [0.2, 0.25) is 0 Å². The van der Waals surface area contributed by atoms with Crippen LogP contribution in [0.3, 0.4) is 0 Å². The zero-order valence-electron chi connectivity index (χ0n) is 14.4. The van der Waals surface area contributed by atoms with Gasteiger partial charge >= 0.3 is 0 Å². The number of nitrogens with zero attached hydrogens (tertiary/aromatic N) is 4. The monoisotopic (exact) mass is 355 g/mol. The Labute approximate surface area is 151 Å². The van der Waals surface area contributed by atoms with Gasteiger partial charge in [-0.1, -0.05) is 6.07 Å². The third-order valence-electron chi connectivity index (χ3n) is 4.71. The molecule has 0 aliphatic carbocycles. The highest BCUT2D eigenvalue weighted by Crippen LogP contribution is 2.31. The van der Waals surface area contributed by atoms with Crippen molar-refractivity contribution in [2.45, 2.75) is 25.2 Å². The fraction of sp³-hybridized carbons (Fsp3) is 0.444. The summed E-state index contributed by atoms with van der Waals surface area (Å²) >= 11 is 0. The molecule has 8 heteroatoms. The Balaban J connectivity index is 1.32. The number of aromatic nitrogens is 3. The largest absolute Gasteiger partial charge is 0.364 e. The van der Waals surface area contributed by atoms with Gasteiger partial charge in [-0.3, -0.25) is 9.78 Å². The maximum absolute atomic E-state index is 12.6. The molecule has 1 N–H and O–H groups in total. The van der Waals surface area contributed by atoms with Gasteiger partial charge in [0.25, 0.3) is 5.91 Å². The van der Waals surface area contributed by atoms with Crippen molar-refractivity contribution in [3.63, 3.8) is 0 Å². The van der Waals surface area contributed by atoms with Gasteiger partial charge in [0.1, 0.15) is 5.82 Å². The SMILES string of the molecule is O=C(c1ccc(NCc2cccnc2)nn1)N1CCC2(CC1)OCCO2. The highest BCUT2D eigenvalue weighted by Gasteiger charge is 2.41. The number of pyridine rings is 1. The van der Waals surface area contributed by atoms with Crippen LogP contribution in [0.5, 0.6) is 0 Å². The number of piperidine rings is 1. The lowest BCUT2D eigenvalue weighted by Gasteiger charge is -2.37. The molecule has 26 heavy (non-hydrogen) atoms. The Morgan fingerprint density at radius 3 is 2.62 bits per heavy atom. The maximum atomic E-state index is 12.6. The van der Waals surface area contributed by atoms with Gasteiger partial charge in [0.15, 0.2) is 11.5 Å². The molecule has 2 aliphatic heterocycles. The van der Waals surface area contributed by atoms with Crippen molar-refractivity contribution < 1.29 is 14.3 Å². The van der Waals surface area contributed by atoms with E-state index < -0.39 is 5.79 Å². The Morgan fingerprint density at radius 2 is 1.96 bits per heavy atom. The van der Waals surface area contributed by atoms with E-state index in [2.05, 4.69) is 20.5 Å². The van der Waals surface area contributed by atoms with E-state index >= 15 is 0 Å². The second-order valence-corrected chi connectivity index (χ2v) is 6.42. The Kier molecular flexibility index (Phi) is 4.77. The molecule has 136 valence electrons. The average molecular weight is 355 g/mol. The van der Waals surface area contributed by atoms with Crippen molar-refractivity contribution in [2.75, 3.05) is 31.6 Å². The van der Waals surface area contributed by atoms with Gasteiger partial charge in [-0.05, 0) is 23.8 Å². The van der Waals surface area contributed by atoms with E-state index in [0.29, 0.717) is 57.2 Å². The lowest BCUT2D eigenvalue weighted by atomic mass is 10.0. The topological polar surface area (TPSA) is 89.5 Å². The van der Waals surface area contributed by atoms with E-state index in [4.69, 9.17) is 9.47 Å². The van der Waals surface area contributed by atoms with Gasteiger partial charge in [-0.2, -0.15) is 0 Å². The number of hydrogen-bond donors (Lipinski definition) is 1. The third kappa shape index (κ3) is 3.66. The lowest BCUT2D eigenvalue weighted by molar-refractivity contribution is -0.181. The summed E-state index contributed by atoms with van der Waals surface area (Å²) in [6.07, 6.45) is 4.91. The second kappa shape index (κ2) is 7.35. The first kappa shape index (κ1) is 16.9. The molecule has 2 saturated heterocycles. The van der Waals surface area contributed by atoms with Crippen LogP contribution in [0.4, 0.5) is 5.82 Å². The average Bonchev–Trinajstić information content (AvgIpc) is 3.16. The molecular formula is C18H21N5O3. The van der Waals surface area contributed by atoms with E-state index in [1.807, 2.05) is 12.1 Å². The van der Waals surface area contributed by atoms with Crippen LogP contribution in [0, 0.1) is 0 Å². The second-order valence-electron chi connectivity index (χ2n) is 6.42. The zero-order chi connectivity index (χ0) is 17.8. The first-order valence-corrected chi connectivity index (χ1v) is 8.78. The van der Waals surface area contributed by atoms with Crippen molar-refractivity contribution in [3.05, 3.63) is 47.9 Å². The van der Waals surface area contributed by atoms with E-state index in [0.717, 1.165) is 5.56 Å². The summed E-state index contributed by atoms with van der Waals surface area (Å²) in [4.78, 5) is 18.5. The van der Waals surface area contributed by atoms with Crippen molar-refractivity contribution in [2.24, 2.45) is 0 Å². The summed E-state index contributed by atoms with van der Waals surface area (Å²) in [5.74, 6) is 0.0302. The summed E-state index contributed by atoms with van der Waals surface area (Å²) in [5, 5.41) is 11.3. The number of likely N-dealkylation sites (tertiary alicyclic amines) is 1. The summed E-state index contributed by atoms with van der Waals surface area (Å²) in [6.45, 7) is 3.06. The summed E-state index contributed by atoms with van der Waals surface area (Å²) < 4.78 is 11.4. The fourth-order valence-corrected chi connectivity index (χ4v) is 3.23. The number of nitrogens with one attached hydrogen (secondary N) is 1. The highest BCUT2D eigenvalue weighted by atomic mass is 16.7. The molecule has 0 aromatic carbocycles.